The van der Waals surface area contributed by atoms with Crippen molar-refractivity contribution in [3.63, 3.8) is 0 Å². The van der Waals surface area contributed by atoms with Gasteiger partial charge in [0.1, 0.15) is 5.52 Å². The molecule has 0 saturated heterocycles. The minimum atomic E-state index is -0.209. The van der Waals surface area contributed by atoms with Crippen molar-refractivity contribution >= 4 is 22.1 Å². The zero-order chi connectivity index (χ0) is 18.4. The van der Waals surface area contributed by atoms with Crippen LogP contribution in [0.4, 0.5) is 0 Å². The van der Waals surface area contributed by atoms with Crippen LogP contribution in [0.25, 0.3) is 28.0 Å². The topological polar surface area (TPSA) is 81.4 Å². The molecule has 3 heterocycles. The number of nitrogens with zero attached hydrogens (tertiary/aromatic N) is 5. The zero-order valence-electron chi connectivity index (χ0n) is 14.6. The van der Waals surface area contributed by atoms with E-state index in [-0.39, 0.29) is 11.5 Å². The van der Waals surface area contributed by atoms with Crippen LogP contribution in [0.1, 0.15) is 11.3 Å². The number of aromatic nitrogens is 6. The predicted octanol–water partition coefficient (Wildman–Crippen LogP) is 2.82. The third-order valence-electron chi connectivity index (χ3n) is 4.59. The normalized spacial score (nSPS) is 11.4. The smallest absolute Gasteiger partial charge is 0.274 e. The summed E-state index contributed by atoms with van der Waals surface area (Å²) in [7, 11) is 0. The fourth-order valence-corrected chi connectivity index (χ4v) is 3.38. The summed E-state index contributed by atoms with van der Waals surface area (Å²) in [6, 6.07) is 19.7. The van der Waals surface area contributed by atoms with Crippen LogP contribution in [-0.4, -0.2) is 29.5 Å². The molecule has 27 heavy (non-hydrogen) atoms. The molecule has 0 spiro atoms. The van der Waals surface area contributed by atoms with E-state index in [4.69, 9.17) is 0 Å². The van der Waals surface area contributed by atoms with Crippen LogP contribution in [0.2, 0.25) is 0 Å². The largest absolute Gasteiger partial charge is 0.319 e. The van der Waals surface area contributed by atoms with Crippen molar-refractivity contribution in [1.29, 1.82) is 0 Å². The van der Waals surface area contributed by atoms with Gasteiger partial charge < -0.3 is 4.57 Å². The molecule has 1 N–H and O–H groups in total. The number of rotatable bonds is 3. The molecule has 0 unspecified atom stereocenters. The lowest BCUT2D eigenvalue weighted by molar-refractivity contribution is 0.748. The maximum atomic E-state index is 12.1. The van der Waals surface area contributed by atoms with E-state index in [1.54, 1.807) is 0 Å². The molecule has 0 radical (unpaired) electrons. The Hall–Kier alpha value is -3.74. The standard InChI is InChI=1S/C20H16N6O/c1-13-11-17(27)26(24-13)20-21-19-18(22-23-20)15-9-5-6-10-16(15)25(19)12-14-7-3-2-4-8-14/h2-11,24H,12H2,1H3. The van der Waals surface area contributed by atoms with Gasteiger partial charge in [-0.05, 0) is 18.6 Å². The summed E-state index contributed by atoms with van der Waals surface area (Å²) in [5.41, 5.74) is 4.15. The molecule has 5 aromatic rings. The van der Waals surface area contributed by atoms with Crippen molar-refractivity contribution in [1.82, 2.24) is 29.5 Å². The van der Waals surface area contributed by atoms with Crippen molar-refractivity contribution in [3.8, 4) is 5.95 Å². The van der Waals surface area contributed by atoms with E-state index < -0.39 is 0 Å². The SMILES string of the molecule is Cc1cc(=O)n(-c2nnc3c4ccccc4n(Cc4ccccc4)c3n2)[nH]1. The second kappa shape index (κ2) is 5.91. The highest BCUT2D eigenvalue weighted by atomic mass is 16.1. The Morgan fingerprint density at radius 3 is 2.56 bits per heavy atom. The molecule has 0 bridgehead atoms. The average molecular weight is 356 g/mol. The summed E-state index contributed by atoms with van der Waals surface area (Å²) in [6.07, 6.45) is 0. The lowest BCUT2D eigenvalue weighted by Gasteiger charge is -2.07. The highest BCUT2D eigenvalue weighted by Gasteiger charge is 2.16. The summed E-state index contributed by atoms with van der Waals surface area (Å²) in [4.78, 5) is 16.8. The van der Waals surface area contributed by atoms with Gasteiger partial charge in [0.2, 0.25) is 0 Å². The van der Waals surface area contributed by atoms with Crippen LogP contribution in [0, 0.1) is 6.92 Å². The van der Waals surface area contributed by atoms with E-state index in [1.165, 1.54) is 10.7 Å². The van der Waals surface area contributed by atoms with Crippen molar-refractivity contribution in [3.05, 3.63) is 82.3 Å². The van der Waals surface area contributed by atoms with Gasteiger partial charge in [-0.25, -0.2) is 0 Å². The molecule has 132 valence electrons. The molecule has 0 aliphatic rings. The van der Waals surface area contributed by atoms with Gasteiger partial charge in [0.15, 0.2) is 5.65 Å². The second-order valence-corrected chi connectivity index (χ2v) is 6.49. The maximum absolute atomic E-state index is 12.1. The summed E-state index contributed by atoms with van der Waals surface area (Å²) in [5.74, 6) is 0.234. The number of hydrogen-bond donors (Lipinski definition) is 1. The Labute approximate surface area is 153 Å². The number of aryl methyl sites for hydroxylation is 1. The lowest BCUT2D eigenvalue weighted by Crippen LogP contribution is -2.17. The van der Waals surface area contributed by atoms with Crippen molar-refractivity contribution in [2.45, 2.75) is 13.5 Å². The number of benzene rings is 2. The van der Waals surface area contributed by atoms with Crippen LogP contribution in [-0.2, 0) is 6.54 Å². The summed E-state index contributed by atoms with van der Waals surface area (Å²) < 4.78 is 3.42. The van der Waals surface area contributed by atoms with Gasteiger partial charge in [-0.3, -0.25) is 9.89 Å². The molecule has 0 aliphatic carbocycles. The minimum absolute atomic E-state index is 0.209. The molecule has 3 aromatic heterocycles. The number of nitrogens with one attached hydrogen (secondary N) is 1. The Balaban J connectivity index is 1.78. The van der Waals surface area contributed by atoms with Crippen LogP contribution < -0.4 is 5.56 Å². The molecule has 7 nitrogen and oxygen atoms in total. The summed E-state index contributed by atoms with van der Waals surface area (Å²) in [6.45, 7) is 2.47. The van der Waals surface area contributed by atoms with Crippen LogP contribution >= 0.6 is 0 Å². The third kappa shape index (κ3) is 2.52. The first-order valence-electron chi connectivity index (χ1n) is 8.65. The van der Waals surface area contributed by atoms with Crippen molar-refractivity contribution < 1.29 is 0 Å². The monoisotopic (exact) mass is 356 g/mol. The van der Waals surface area contributed by atoms with Crippen molar-refractivity contribution in [2.75, 3.05) is 0 Å². The van der Waals surface area contributed by atoms with Crippen LogP contribution in [0.3, 0.4) is 0 Å². The van der Waals surface area contributed by atoms with E-state index in [0.717, 1.165) is 27.7 Å². The molecule has 5 rings (SSSR count). The molecule has 0 aliphatic heterocycles. The highest BCUT2D eigenvalue weighted by Crippen LogP contribution is 2.26. The van der Waals surface area contributed by atoms with E-state index >= 15 is 0 Å². The Bertz CT molecular complexity index is 1330. The number of para-hydroxylation sites is 1. The van der Waals surface area contributed by atoms with Crippen molar-refractivity contribution in [2.24, 2.45) is 0 Å². The van der Waals surface area contributed by atoms with Gasteiger partial charge in [0.25, 0.3) is 11.5 Å². The predicted molar refractivity (Wildman–Crippen MR) is 103 cm³/mol. The Morgan fingerprint density at radius 1 is 1.00 bits per heavy atom. The van der Waals surface area contributed by atoms with E-state index in [0.29, 0.717) is 12.2 Å². The quantitative estimate of drug-likeness (QED) is 0.539. The van der Waals surface area contributed by atoms with Gasteiger partial charge in [0, 0.05) is 23.7 Å². The molecule has 7 heteroatoms. The van der Waals surface area contributed by atoms with Gasteiger partial charge in [-0.1, -0.05) is 48.5 Å². The third-order valence-corrected chi connectivity index (χ3v) is 4.59. The van der Waals surface area contributed by atoms with E-state index in [2.05, 4.69) is 37.0 Å². The van der Waals surface area contributed by atoms with E-state index in [1.807, 2.05) is 49.4 Å². The van der Waals surface area contributed by atoms with Gasteiger partial charge in [0.05, 0.1) is 5.52 Å². The molecule has 0 amide bonds. The fourth-order valence-electron chi connectivity index (χ4n) is 3.38. The number of aromatic amines is 1. The summed E-state index contributed by atoms with van der Waals surface area (Å²) >= 11 is 0. The molecule has 0 saturated carbocycles. The molecule has 0 fully saturated rings. The lowest BCUT2D eigenvalue weighted by atomic mass is 10.2. The maximum Gasteiger partial charge on any atom is 0.274 e. The van der Waals surface area contributed by atoms with Gasteiger partial charge in [-0.2, -0.15) is 9.67 Å². The minimum Gasteiger partial charge on any atom is -0.319 e. The Kier molecular flexibility index (Phi) is 3.39. The van der Waals surface area contributed by atoms with Crippen LogP contribution in [0.15, 0.2) is 65.5 Å². The Morgan fingerprint density at radius 2 is 1.78 bits per heavy atom. The fraction of sp³-hybridized carbons (Fsp3) is 0.100. The number of hydrogen-bond acceptors (Lipinski definition) is 4. The molecular formula is C20H16N6O. The molecule has 2 aromatic carbocycles. The average Bonchev–Trinajstić information content (AvgIpc) is 3.19. The zero-order valence-corrected chi connectivity index (χ0v) is 14.6. The summed E-state index contributed by atoms with van der Waals surface area (Å²) in [5, 5.41) is 12.5. The number of H-pyrrole nitrogens is 1. The highest BCUT2D eigenvalue weighted by molar-refractivity contribution is 6.04. The number of fused-ring (bicyclic) bond motifs is 3. The first-order valence-corrected chi connectivity index (χ1v) is 8.65. The molecule has 0 atom stereocenters. The first kappa shape index (κ1) is 15.5. The van der Waals surface area contributed by atoms with Gasteiger partial charge in [-0.15, -0.1) is 10.2 Å². The van der Waals surface area contributed by atoms with E-state index in [9.17, 15) is 4.79 Å². The first-order chi connectivity index (χ1) is 13.2. The molecular weight excluding hydrogens is 340 g/mol. The van der Waals surface area contributed by atoms with Crippen LogP contribution in [0.5, 0.6) is 0 Å². The van der Waals surface area contributed by atoms with Gasteiger partial charge >= 0.3 is 0 Å². The second-order valence-electron chi connectivity index (χ2n) is 6.49.